The molecule has 4 rings (SSSR count). The largest absolute Gasteiger partial charge is 0.341 e. The lowest BCUT2D eigenvalue weighted by molar-refractivity contribution is -0.135. The molecular weight excluding hydrogens is 274 g/mol. The maximum absolute atomic E-state index is 12.1. The highest BCUT2D eigenvalue weighted by Crippen LogP contribution is 2.39. The zero-order chi connectivity index (χ0) is 13.5. The molecule has 2 fully saturated rings. The van der Waals surface area contributed by atoms with Crippen molar-refractivity contribution in [1.82, 2.24) is 15.0 Å². The topological polar surface area (TPSA) is 59.2 Å². The third-order valence-electron chi connectivity index (χ3n) is 3.89. The normalized spacial score (nSPS) is 19.1. The van der Waals surface area contributed by atoms with Gasteiger partial charge >= 0.3 is 0 Å². The van der Waals surface area contributed by atoms with Crippen molar-refractivity contribution in [3.8, 4) is 0 Å². The Labute approximate surface area is 120 Å². The summed E-state index contributed by atoms with van der Waals surface area (Å²) in [7, 11) is 0. The Bertz CT molecular complexity index is 612. The SMILES string of the molecule is O=C(Cc1cccs1)N1CC(c2nc(C3CC3)no2)C1. The molecule has 1 saturated heterocycles. The number of rotatable bonds is 4. The molecule has 2 aromatic heterocycles. The molecule has 1 amide bonds. The van der Waals surface area contributed by atoms with Gasteiger partial charge in [-0.25, -0.2) is 0 Å². The molecule has 0 aromatic carbocycles. The highest BCUT2D eigenvalue weighted by Gasteiger charge is 2.37. The summed E-state index contributed by atoms with van der Waals surface area (Å²) in [5.41, 5.74) is 0. The second-order valence-electron chi connectivity index (χ2n) is 5.52. The van der Waals surface area contributed by atoms with Crippen molar-refractivity contribution < 1.29 is 9.32 Å². The van der Waals surface area contributed by atoms with E-state index in [1.54, 1.807) is 11.3 Å². The number of thiophene rings is 1. The van der Waals surface area contributed by atoms with E-state index in [9.17, 15) is 4.79 Å². The average Bonchev–Trinajstić information content (AvgIpc) is 2.90. The van der Waals surface area contributed by atoms with Crippen LogP contribution in [0.5, 0.6) is 0 Å². The Kier molecular flexibility index (Phi) is 2.84. The number of nitrogens with zero attached hydrogens (tertiary/aromatic N) is 3. The first kappa shape index (κ1) is 12.1. The molecule has 0 atom stereocenters. The second-order valence-corrected chi connectivity index (χ2v) is 6.55. The van der Waals surface area contributed by atoms with Gasteiger partial charge in [0.2, 0.25) is 11.8 Å². The quantitative estimate of drug-likeness (QED) is 0.865. The van der Waals surface area contributed by atoms with Crippen molar-refractivity contribution in [1.29, 1.82) is 0 Å². The van der Waals surface area contributed by atoms with Crippen LogP contribution in [0.2, 0.25) is 0 Å². The summed E-state index contributed by atoms with van der Waals surface area (Å²) < 4.78 is 5.31. The fourth-order valence-electron chi connectivity index (χ4n) is 2.43. The number of amides is 1. The molecule has 0 unspecified atom stereocenters. The van der Waals surface area contributed by atoms with Gasteiger partial charge in [0.15, 0.2) is 5.82 Å². The van der Waals surface area contributed by atoms with Crippen molar-refractivity contribution in [2.24, 2.45) is 0 Å². The third-order valence-corrected chi connectivity index (χ3v) is 4.77. The van der Waals surface area contributed by atoms with Crippen molar-refractivity contribution >= 4 is 17.2 Å². The molecule has 5 nitrogen and oxygen atoms in total. The Balaban J connectivity index is 1.33. The van der Waals surface area contributed by atoms with Crippen LogP contribution in [0.15, 0.2) is 22.0 Å². The maximum Gasteiger partial charge on any atom is 0.233 e. The van der Waals surface area contributed by atoms with E-state index in [1.165, 1.54) is 12.8 Å². The van der Waals surface area contributed by atoms with Gasteiger partial charge < -0.3 is 9.42 Å². The highest BCUT2D eigenvalue weighted by atomic mass is 32.1. The lowest BCUT2D eigenvalue weighted by atomic mass is 9.99. The fraction of sp³-hybridized carbons (Fsp3) is 0.500. The van der Waals surface area contributed by atoms with E-state index in [4.69, 9.17) is 4.52 Å². The average molecular weight is 289 g/mol. The standard InChI is InChI=1S/C14H15N3O2S/c18-12(6-11-2-1-5-20-11)17-7-10(8-17)14-15-13(16-19-14)9-3-4-9/h1-2,5,9-10H,3-4,6-8H2. The van der Waals surface area contributed by atoms with Crippen LogP contribution < -0.4 is 0 Å². The van der Waals surface area contributed by atoms with Gasteiger partial charge in [0.1, 0.15) is 0 Å². The predicted molar refractivity (Wildman–Crippen MR) is 73.6 cm³/mol. The third kappa shape index (κ3) is 2.24. The Hall–Kier alpha value is -1.69. The van der Waals surface area contributed by atoms with Gasteiger partial charge in [0.25, 0.3) is 0 Å². The minimum Gasteiger partial charge on any atom is -0.341 e. The molecule has 104 valence electrons. The van der Waals surface area contributed by atoms with E-state index in [2.05, 4.69) is 10.1 Å². The molecule has 0 radical (unpaired) electrons. The van der Waals surface area contributed by atoms with Crippen LogP contribution in [0.1, 0.15) is 41.3 Å². The summed E-state index contributed by atoms with van der Waals surface area (Å²) in [5.74, 6) is 2.48. The van der Waals surface area contributed by atoms with Crippen LogP contribution in [-0.2, 0) is 11.2 Å². The summed E-state index contributed by atoms with van der Waals surface area (Å²) in [6.07, 6.45) is 2.85. The van der Waals surface area contributed by atoms with Crippen molar-refractivity contribution in [2.75, 3.05) is 13.1 Å². The van der Waals surface area contributed by atoms with E-state index in [-0.39, 0.29) is 11.8 Å². The predicted octanol–water partition coefficient (Wildman–Crippen LogP) is 2.18. The van der Waals surface area contributed by atoms with Crippen LogP contribution in [0.3, 0.4) is 0 Å². The first-order valence-electron chi connectivity index (χ1n) is 6.93. The monoisotopic (exact) mass is 289 g/mol. The Morgan fingerprint density at radius 2 is 2.25 bits per heavy atom. The zero-order valence-corrected chi connectivity index (χ0v) is 11.8. The smallest absolute Gasteiger partial charge is 0.233 e. The molecule has 3 heterocycles. The van der Waals surface area contributed by atoms with Crippen LogP contribution >= 0.6 is 11.3 Å². The summed E-state index contributed by atoms with van der Waals surface area (Å²) in [6.45, 7) is 1.41. The Morgan fingerprint density at radius 3 is 2.95 bits per heavy atom. The lowest BCUT2D eigenvalue weighted by Gasteiger charge is -2.37. The highest BCUT2D eigenvalue weighted by molar-refractivity contribution is 7.10. The fourth-order valence-corrected chi connectivity index (χ4v) is 3.13. The van der Waals surface area contributed by atoms with Gasteiger partial charge in [-0.2, -0.15) is 4.98 Å². The number of aromatic nitrogens is 2. The molecule has 2 aromatic rings. The van der Waals surface area contributed by atoms with Crippen LogP contribution in [0, 0.1) is 0 Å². The Morgan fingerprint density at radius 1 is 1.40 bits per heavy atom. The van der Waals surface area contributed by atoms with Gasteiger partial charge in [-0.15, -0.1) is 11.3 Å². The molecule has 1 aliphatic carbocycles. The first-order valence-corrected chi connectivity index (χ1v) is 7.81. The van der Waals surface area contributed by atoms with E-state index < -0.39 is 0 Å². The minimum absolute atomic E-state index is 0.186. The minimum atomic E-state index is 0.186. The van der Waals surface area contributed by atoms with Gasteiger partial charge in [0.05, 0.1) is 12.3 Å². The zero-order valence-electron chi connectivity index (χ0n) is 11.0. The second kappa shape index (κ2) is 4.70. The van der Waals surface area contributed by atoms with Crippen molar-refractivity contribution in [2.45, 2.75) is 31.1 Å². The number of carbonyl (C=O) groups is 1. The van der Waals surface area contributed by atoms with Crippen molar-refractivity contribution in [3.63, 3.8) is 0 Å². The molecule has 20 heavy (non-hydrogen) atoms. The van der Waals surface area contributed by atoms with Crippen LogP contribution in [-0.4, -0.2) is 34.0 Å². The van der Waals surface area contributed by atoms with E-state index in [0.29, 0.717) is 31.3 Å². The van der Waals surface area contributed by atoms with E-state index in [0.717, 1.165) is 10.7 Å². The molecule has 6 heteroatoms. The van der Waals surface area contributed by atoms with E-state index >= 15 is 0 Å². The number of hydrogen-bond donors (Lipinski definition) is 0. The molecule has 0 N–H and O–H groups in total. The van der Waals surface area contributed by atoms with Gasteiger partial charge in [-0.1, -0.05) is 11.2 Å². The van der Waals surface area contributed by atoms with E-state index in [1.807, 2.05) is 22.4 Å². The van der Waals surface area contributed by atoms with Crippen LogP contribution in [0.4, 0.5) is 0 Å². The van der Waals surface area contributed by atoms with Gasteiger partial charge in [-0.05, 0) is 24.3 Å². The molecule has 0 spiro atoms. The summed E-state index contributed by atoms with van der Waals surface area (Å²) in [5, 5.41) is 6.02. The molecule has 1 aliphatic heterocycles. The number of hydrogen-bond acceptors (Lipinski definition) is 5. The summed E-state index contributed by atoms with van der Waals surface area (Å²) in [4.78, 5) is 19.5. The molecular formula is C14H15N3O2S. The van der Waals surface area contributed by atoms with Crippen LogP contribution in [0.25, 0.3) is 0 Å². The molecule has 2 aliphatic rings. The molecule has 0 bridgehead atoms. The lowest BCUT2D eigenvalue weighted by Crippen LogP contribution is -2.49. The summed E-state index contributed by atoms with van der Waals surface area (Å²) >= 11 is 1.63. The molecule has 1 saturated carbocycles. The van der Waals surface area contributed by atoms with Gasteiger partial charge in [0, 0.05) is 23.9 Å². The number of likely N-dealkylation sites (tertiary alicyclic amines) is 1. The van der Waals surface area contributed by atoms with Gasteiger partial charge in [-0.3, -0.25) is 4.79 Å². The first-order chi connectivity index (χ1) is 9.79. The van der Waals surface area contributed by atoms with Crippen molar-refractivity contribution in [3.05, 3.63) is 34.1 Å². The number of carbonyl (C=O) groups excluding carboxylic acids is 1. The summed E-state index contributed by atoms with van der Waals surface area (Å²) in [6, 6.07) is 3.98. The maximum atomic E-state index is 12.1.